The van der Waals surface area contributed by atoms with Gasteiger partial charge in [0.2, 0.25) is 0 Å². The van der Waals surface area contributed by atoms with Gasteiger partial charge in [-0.15, -0.1) is 21.5 Å². The van der Waals surface area contributed by atoms with Crippen molar-refractivity contribution in [3.8, 4) is 11.3 Å². The number of halogens is 1. The van der Waals surface area contributed by atoms with E-state index >= 15 is 0 Å². The van der Waals surface area contributed by atoms with Crippen LogP contribution in [0.4, 0.5) is 10.2 Å². The maximum atomic E-state index is 13.0. The molecule has 1 aliphatic heterocycles. The molecule has 2 aromatic heterocycles. The molecule has 24 heavy (non-hydrogen) atoms. The second kappa shape index (κ2) is 6.53. The van der Waals surface area contributed by atoms with E-state index in [9.17, 15) is 4.39 Å². The lowest BCUT2D eigenvalue weighted by Crippen LogP contribution is -2.29. The number of nitrogens with zero attached hydrogens (tertiary/aromatic N) is 3. The molecule has 3 nitrogen and oxygen atoms in total. The van der Waals surface area contributed by atoms with Crippen LogP contribution in [0.25, 0.3) is 16.8 Å². The Balaban J connectivity index is 1.49. The van der Waals surface area contributed by atoms with Crippen LogP contribution in [0.1, 0.15) is 11.3 Å². The highest BCUT2D eigenvalue weighted by molar-refractivity contribution is 7.11. The summed E-state index contributed by atoms with van der Waals surface area (Å²) in [4.78, 5) is 3.57. The van der Waals surface area contributed by atoms with Gasteiger partial charge in [0.15, 0.2) is 5.82 Å². The second-order valence-corrected chi connectivity index (χ2v) is 6.63. The highest BCUT2D eigenvalue weighted by Crippen LogP contribution is 2.28. The van der Waals surface area contributed by atoms with Crippen LogP contribution >= 0.6 is 11.3 Å². The van der Waals surface area contributed by atoms with Gasteiger partial charge in [-0.1, -0.05) is 12.1 Å². The van der Waals surface area contributed by atoms with Gasteiger partial charge in [0.25, 0.3) is 0 Å². The van der Waals surface area contributed by atoms with Crippen LogP contribution in [0.5, 0.6) is 0 Å². The number of benzene rings is 1. The predicted molar refractivity (Wildman–Crippen MR) is 96.6 cm³/mol. The molecule has 0 saturated carbocycles. The van der Waals surface area contributed by atoms with Gasteiger partial charge in [0.05, 0.1) is 5.69 Å². The van der Waals surface area contributed by atoms with Gasteiger partial charge < -0.3 is 4.90 Å². The Morgan fingerprint density at radius 2 is 1.88 bits per heavy atom. The molecule has 0 aliphatic carbocycles. The first-order valence-corrected chi connectivity index (χ1v) is 8.75. The Labute approximate surface area is 144 Å². The Kier molecular flexibility index (Phi) is 4.09. The van der Waals surface area contributed by atoms with E-state index in [2.05, 4.69) is 38.7 Å². The summed E-state index contributed by atoms with van der Waals surface area (Å²) in [6, 6.07) is 14.5. The lowest BCUT2D eigenvalue weighted by molar-refractivity contribution is 0.628. The van der Waals surface area contributed by atoms with Crippen LogP contribution in [0.3, 0.4) is 0 Å². The Bertz CT molecular complexity index is 839. The molecular formula is C19H16FN3S. The standard InChI is InChI=1S/C19H16FN3S/c20-16-5-3-14(4-6-16)17-7-8-19(22-21-17)23-11-9-15(10-12-23)18-2-1-13-24-18/h1-9,13H,10-12H2. The van der Waals surface area contributed by atoms with Crippen molar-refractivity contribution in [3.63, 3.8) is 0 Å². The average Bonchev–Trinajstić information content (AvgIpc) is 3.17. The Morgan fingerprint density at radius 3 is 2.50 bits per heavy atom. The minimum absolute atomic E-state index is 0.245. The van der Waals surface area contributed by atoms with E-state index < -0.39 is 0 Å². The van der Waals surface area contributed by atoms with Crippen molar-refractivity contribution in [2.24, 2.45) is 0 Å². The maximum Gasteiger partial charge on any atom is 0.151 e. The summed E-state index contributed by atoms with van der Waals surface area (Å²) in [5.74, 6) is 0.632. The molecule has 0 saturated heterocycles. The molecule has 0 fully saturated rings. The zero-order valence-corrected chi connectivity index (χ0v) is 13.8. The van der Waals surface area contributed by atoms with E-state index in [4.69, 9.17) is 0 Å². The van der Waals surface area contributed by atoms with E-state index in [1.165, 1.54) is 22.6 Å². The lowest BCUT2D eigenvalue weighted by Gasteiger charge is -2.26. The van der Waals surface area contributed by atoms with Crippen molar-refractivity contribution in [1.82, 2.24) is 10.2 Å². The molecule has 0 spiro atoms. The largest absolute Gasteiger partial charge is 0.351 e. The summed E-state index contributed by atoms with van der Waals surface area (Å²) in [7, 11) is 0. The highest BCUT2D eigenvalue weighted by atomic mass is 32.1. The van der Waals surface area contributed by atoms with Gasteiger partial charge in [0, 0.05) is 23.5 Å². The maximum absolute atomic E-state index is 13.0. The molecule has 0 bridgehead atoms. The van der Waals surface area contributed by atoms with E-state index in [1.807, 2.05) is 12.1 Å². The van der Waals surface area contributed by atoms with Crippen LogP contribution < -0.4 is 4.90 Å². The zero-order valence-electron chi connectivity index (χ0n) is 13.0. The molecule has 3 aromatic rings. The fraction of sp³-hybridized carbons (Fsp3) is 0.158. The normalized spacial score (nSPS) is 14.5. The van der Waals surface area contributed by atoms with Gasteiger partial charge >= 0.3 is 0 Å². The summed E-state index contributed by atoms with van der Waals surface area (Å²) in [5, 5.41) is 10.7. The fourth-order valence-corrected chi connectivity index (χ4v) is 3.63. The molecule has 1 aliphatic rings. The van der Waals surface area contributed by atoms with Crippen molar-refractivity contribution in [2.45, 2.75) is 6.42 Å². The van der Waals surface area contributed by atoms with Crippen molar-refractivity contribution < 1.29 is 4.39 Å². The van der Waals surface area contributed by atoms with Crippen molar-refractivity contribution >= 4 is 22.7 Å². The molecule has 5 heteroatoms. The van der Waals surface area contributed by atoms with Gasteiger partial charge in [-0.3, -0.25) is 0 Å². The number of anilines is 1. The predicted octanol–water partition coefficient (Wildman–Crippen LogP) is 4.64. The molecule has 4 rings (SSSR count). The topological polar surface area (TPSA) is 29.0 Å². The summed E-state index contributed by atoms with van der Waals surface area (Å²) in [5.41, 5.74) is 3.04. The van der Waals surface area contributed by atoms with Gasteiger partial charge in [0.1, 0.15) is 5.82 Å². The average molecular weight is 337 g/mol. The summed E-state index contributed by atoms with van der Waals surface area (Å²) < 4.78 is 13.0. The SMILES string of the molecule is Fc1ccc(-c2ccc(N3CC=C(c4cccs4)CC3)nn2)cc1. The molecule has 0 atom stereocenters. The highest BCUT2D eigenvalue weighted by Gasteiger charge is 2.15. The zero-order chi connectivity index (χ0) is 16.4. The molecule has 0 N–H and O–H groups in total. The number of rotatable bonds is 3. The first-order chi connectivity index (χ1) is 11.8. The van der Waals surface area contributed by atoms with E-state index in [1.54, 1.807) is 23.5 Å². The van der Waals surface area contributed by atoms with E-state index in [-0.39, 0.29) is 5.82 Å². The molecule has 0 amide bonds. The summed E-state index contributed by atoms with van der Waals surface area (Å²) in [6.07, 6.45) is 3.28. The minimum atomic E-state index is -0.245. The van der Waals surface area contributed by atoms with Gasteiger partial charge in [-0.05, 0) is 59.8 Å². The van der Waals surface area contributed by atoms with Gasteiger partial charge in [-0.25, -0.2) is 4.39 Å². The van der Waals surface area contributed by atoms with E-state index in [0.717, 1.165) is 36.6 Å². The third kappa shape index (κ3) is 3.08. The summed E-state index contributed by atoms with van der Waals surface area (Å²) >= 11 is 1.79. The monoisotopic (exact) mass is 337 g/mol. The molecule has 0 radical (unpaired) electrons. The first kappa shape index (κ1) is 15.0. The first-order valence-electron chi connectivity index (χ1n) is 7.87. The third-order valence-corrected chi connectivity index (χ3v) is 5.11. The van der Waals surface area contributed by atoms with Crippen molar-refractivity contribution in [1.29, 1.82) is 0 Å². The number of thiophene rings is 1. The number of hydrogen-bond acceptors (Lipinski definition) is 4. The molecule has 0 unspecified atom stereocenters. The second-order valence-electron chi connectivity index (χ2n) is 5.69. The van der Waals surface area contributed by atoms with Crippen LogP contribution in [0.15, 0.2) is 60.0 Å². The Morgan fingerprint density at radius 1 is 1.00 bits per heavy atom. The van der Waals surface area contributed by atoms with E-state index in [0.29, 0.717) is 0 Å². The Hall–Kier alpha value is -2.53. The van der Waals surface area contributed by atoms with Crippen LogP contribution in [0, 0.1) is 5.82 Å². The minimum Gasteiger partial charge on any atom is -0.351 e. The quantitative estimate of drug-likeness (QED) is 0.697. The number of aromatic nitrogens is 2. The van der Waals surface area contributed by atoms with Crippen LogP contribution in [-0.4, -0.2) is 23.3 Å². The smallest absolute Gasteiger partial charge is 0.151 e. The molecule has 120 valence electrons. The molecule has 3 heterocycles. The van der Waals surface area contributed by atoms with Crippen LogP contribution in [0.2, 0.25) is 0 Å². The lowest BCUT2D eigenvalue weighted by atomic mass is 10.1. The third-order valence-electron chi connectivity index (χ3n) is 4.16. The van der Waals surface area contributed by atoms with Crippen LogP contribution in [-0.2, 0) is 0 Å². The molecule has 1 aromatic carbocycles. The van der Waals surface area contributed by atoms with Crippen molar-refractivity contribution in [3.05, 3.63) is 70.7 Å². The fourth-order valence-electron chi connectivity index (χ4n) is 2.83. The summed E-state index contributed by atoms with van der Waals surface area (Å²) in [6.45, 7) is 1.78. The van der Waals surface area contributed by atoms with Crippen molar-refractivity contribution in [2.75, 3.05) is 18.0 Å². The van der Waals surface area contributed by atoms with Gasteiger partial charge in [-0.2, -0.15) is 0 Å². The number of hydrogen-bond donors (Lipinski definition) is 0. The molecular weight excluding hydrogens is 321 g/mol.